The van der Waals surface area contributed by atoms with Crippen LogP contribution in [-0.4, -0.2) is 49.4 Å². The Morgan fingerprint density at radius 2 is 1.57 bits per heavy atom. The molecule has 2 heterocycles. The average Bonchev–Trinajstić information content (AvgIpc) is 3.35. The molecule has 0 radical (unpaired) electrons. The van der Waals surface area contributed by atoms with Gasteiger partial charge in [-0.05, 0) is 64.5 Å². The van der Waals surface area contributed by atoms with Crippen molar-refractivity contribution in [2.75, 3.05) is 25.6 Å². The molecule has 2 aromatic heterocycles. The lowest BCUT2D eigenvalue weighted by molar-refractivity contribution is -0.115. The fourth-order valence-electron chi connectivity index (χ4n) is 4.15. The van der Waals surface area contributed by atoms with Crippen molar-refractivity contribution in [2.24, 2.45) is 0 Å². The monoisotopic (exact) mass is 567 g/mol. The summed E-state index contributed by atoms with van der Waals surface area (Å²) >= 11 is 3.72. The lowest BCUT2D eigenvalue weighted by atomic mass is 9.96. The minimum Gasteiger partial charge on any atom is -0.465 e. The van der Waals surface area contributed by atoms with E-state index in [2.05, 4.69) is 5.32 Å². The van der Waals surface area contributed by atoms with Crippen LogP contribution in [0.15, 0.2) is 4.21 Å². The third-order valence-corrected chi connectivity index (χ3v) is 9.80. The van der Waals surface area contributed by atoms with Crippen LogP contribution in [0.5, 0.6) is 0 Å². The predicted octanol–water partition coefficient (Wildman–Crippen LogP) is 6.04. The summed E-state index contributed by atoms with van der Waals surface area (Å²) in [5.74, 6) is -1.83. The van der Waals surface area contributed by atoms with E-state index in [9.17, 15) is 19.2 Å². The number of thioether (sulfide) groups is 1. The molecule has 1 N–H and O–H groups in total. The second kappa shape index (κ2) is 13.4. The normalized spacial score (nSPS) is 14.1. The maximum absolute atomic E-state index is 13.3. The first-order valence-corrected chi connectivity index (χ1v) is 14.9. The van der Waals surface area contributed by atoms with Crippen LogP contribution in [0.25, 0.3) is 0 Å². The Labute approximate surface area is 229 Å². The molecule has 202 valence electrons. The molecule has 8 nitrogen and oxygen atoms in total. The van der Waals surface area contributed by atoms with Gasteiger partial charge < -0.3 is 19.5 Å². The number of methoxy groups -OCH3 is 1. The number of fused-ring (bicyclic) bond motifs is 1. The minimum atomic E-state index is -0.628. The van der Waals surface area contributed by atoms with Gasteiger partial charge >= 0.3 is 17.9 Å². The van der Waals surface area contributed by atoms with Gasteiger partial charge in [-0.25, -0.2) is 14.4 Å². The Bertz CT molecular complexity index is 1170. The molecule has 37 heavy (non-hydrogen) atoms. The van der Waals surface area contributed by atoms with Gasteiger partial charge in [0.05, 0.1) is 40.9 Å². The zero-order valence-corrected chi connectivity index (χ0v) is 24.3. The van der Waals surface area contributed by atoms with E-state index in [1.807, 2.05) is 0 Å². The Hall–Kier alpha value is -2.37. The molecule has 0 aromatic carbocycles. The van der Waals surface area contributed by atoms with Crippen LogP contribution < -0.4 is 5.32 Å². The molecule has 0 bridgehead atoms. The number of nitrogens with one attached hydrogen (secondary N) is 1. The largest absolute Gasteiger partial charge is 0.465 e. The topological polar surface area (TPSA) is 108 Å². The number of amides is 1. The summed E-state index contributed by atoms with van der Waals surface area (Å²) in [7, 11) is 1.34. The quantitative estimate of drug-likeness (QED) is 0.222. The van der Waals surface area contributed by atoms with E-state index >= 15 is 0 Å². The molecular formula is C26H33NO7S3. The maximum Gasteiger partial charge on any atom is 0.348 e. The van der Waals surface area contributed by atoms with Crippen molar-refractivity contribution in [1.82, 2.24) is 0 Å². The van der Waals surface area contributed by atoms with Gasteiger partial charge in [0.2, 0.25) is 5.91 Å². The van der Waals surface area contributed by atoms with Crippen LogP contribution in [0.2, 0.25) is 0 Å². The van der Waals surface area contributed by atoms with E-state index in [0.29, 0.717) is 25.2 Å². The van der Waals surface area contributed by atoms with Crippen molar-refractivity contribution in [3.63, 3.8) is 0 Å². The zero-order valence-electron chi connectivity index (χ0n) is 21.8. The van der Waals surface area contributed by atoms with Crippen molar-refractivity contribution >= 4 is 63.3 Å². The molecule has 0 aliphatic heterocycles. The number of aryl methyl sites for hydroxylation is 1. The van der Waals surface area contributed by atoms with Crippen molar-refractivity contribution in [1.29, 1.82) is 0 Å². The van der Waals surface area contributed by atoms with E-state index in [1.54, 1.807) is 27.7 Å². The van der Waals surface area contributed by atoms with Crippen molar-refractivity contribution < 1.29 is 33.4 Å². The standard InChI is InChI=1S/C26H33NO7S3/c1-6-33-24(30)18-14(3)20(25(31)34-7-2)37-26(18)35-15(4)21(28)27-22-19(23(29)32-5)16-12-10-8-9-11-13-17(16)36-22/h15H,6-13H2,1-5H3,(H,27,28). The van der Waals surface area contributed by atoms with E-state index < -0.39 is 23.2 Å². The molecule has 11 heteroatoms. The summed E-state index contributed by atoms with van der Waals surface area (Å²) in [5.41, 5.74) is 2.17. The summed E-state index contributed by atoms with van der Waals surface area (Å²) in [5, 5.41) is 2.81. The zero-order chi connectivity index (χ0) is 27.1. The fraction of sp³-hybridized carbons (Fsp3) is 0.538. The maximum atomic E-state index is 13.3. The Balaban J connectivity index is 1.88. The number of hydrogen-bond donors (Lipinski definition) is 1. The number of thiophene rings is 2. The molecule has 3 rings (SSSR count). The molecule has 1 amide bonds. The second-order valence-corrected chi connectivity index (χ2v) is 12.3. The van der Waals surface area contributed by atoms with E-state index in [-0.39, 0.29) is 24.7 Å². The second-order valence-electron chi connectivity index (χ2n) is 8.52. The van der Waals surface area contributed by atoms with Crippen molar-refractivity contribution in [2.45, 2.75) is 75.7 Å². The van der Waals surface area contributed by atoms with Crippen LogP contribution in [0, 0.1) is 6.92 Å². The molecule has 0 saturated heterocycles. The van der Waals surface area contributed by atoms with Crippen LogP contribution >= 0.6 is 34.4 Å². The molecule has 1 aliphatic carbocycles. The SMILES string of the molecule is CCOC(=O)c1sc(SC(C)C(=O)Nc2sc3c(c2C(=O)OC)CCCCCC3)c(C(=O)OCC)c1C. The molecule has 0 fully saturated rings. The van der Waals surface area contributed by atoms with Crippen LogP contribution in [0.1, 0.15) is 92.8 Å². The van der Waals surface area contributed by atoms with Gasteiger partial charge in [0.25, 0.3) is 0 Å². The highest BCUT2D eigenvalue weighted by Gasteiger charge is 2.30. The predicted molar refractivity (Wildman–Crippen MR) is 146 cm³/mol. The van der Waals surface area contributed by atoms with Crippen LogP contribution in [0.3, 0.4) is 0 Å². The van der Waals surface area contributed by atoms with Gasteiger partial charge in [-0.3, -0.25) is 4.79 Å². The number of ether oxygens (including phenoxy) is 3. The summed E-state index contributed by atoms with van der Waals surface area (Å²) in [6.07, 6.45) is 5.96. The van der Waals surface area contributed by atoms with Gasteiger partial charge in [-0.2, -0.15) is 0 Å². The smallest absolute Gasteiger partial charge is 0.348 e. The average molecular weight is 568 g/mol. The number of esters is 3. The minimum absolute atomic E-state index is 0.183. The summed E-state index contributed by atoms with van der Waals surface area (Å²) in [6.45, 7) is 7.20. The van der Waals surface area contributed by atoms with E-state index in [0.717, 1.165) is 60.3 Å². The first kappa shape index (κ1) is 29.2. The number of carbonyl (C=O) groups is 4. The Morgan fingerprint density at radius 3 is 2.22 bits per heavy atom. The summed E-state index contributed by atoms with van der Waals surface area (Å²) in [6, 6.07) is 0. The molecular weight excluding hydrogens is 534 g/mol. The third kappa shape index (κ3) is 6.74. The van der Waals surface area contributed by atoms with E-state index in [4.69, 9.17) is 14.2 Å². The van der Waals surface area contributed by atoms with Gasteiger partial charge in [0.1, 0.15) is 9.88 Å². The van der Waals surface area contributed by atoms with Crippen molar-refractivity contribution in [3.05, 3.63) is 32.0 Å². The van der Waals surface area contributed by atoms with Gasteiger partial charge in [0.15, 0.2) is 0 Å². The number of carbonyl (C=O) groups excluding carboxylic acids is 4. The molecule has 0 spiro atoms. The molecule has 2 aromatic rings. The fourth-order valence-corrected chi connectivity index (χ4v) is 8.07. The first-order chi connectivity index (χ1) is 17.7. The number of hydrogen-bond acceptors (Lipinski definition) is 10. The number of rotatable bonds is 9. The van der Waals surface area contributed by atoms with Gasteiger partial charge in [-0.15, -0.1) is 34.4 Å². The Kier molecular flexibility index (Phi) is 10.6. The molecule has 0 saturated carbocycles. The van der Waals surface area contributed by atoms with Crippen molar-refractivity contribution in [3.8, 4) is 0 Å². The summed E-state index contributed by atoms with van der Waals surface area (Å²) < 4.78 is 15.9. The molecule has 1 aliphatic rings. The number of anilines is 1. The molecule has 1 unspecified atom stereocenters. The lowest BCUT2D eigenvalue weighted by Gasteiger charge is -2.13. The highest BCUT2D eigenvalue weighted by Crippen LogP contribution is 2.41. The van der Waals surface area contributed by atoms with Gasteiger partial charge in [0, 0.05) is 4.88 Å². The van der Waals surface area contributed by atoms with Crippen LogP contribution in [-0.2, 0) is 31.8 Å². The third-order valence-electron chi connectivity index (χ3n) is 6.01. The van der Waals surface area contributed by atoms with Gasteiger partial charge in [-0.1, -0.05) is 12.8 Å². The lowest BCUT2D eigenvalue weighted by Crippen LogP contribution is -2.23. The first-order valence-electron chi connectivity index (χ1n) is 12.4. The van der Waals surface area contributed by atoms with Crippen LogP contribution in [0.4, 0.5) is 5.00 Å². The van der Waals surface area contributed by atoms with E-state index in [1.165, 1.54) is 30.2 Å². The highest BCUT2D eigenvalue weighted by molar-refractivity contribution is 8.02. The highest BCUT2D eigenvalue weighted by atomic mass is 32.2. The Morgan fingerprint density at radius 1 is 0.919 bits per heavy atom. The summed E-state index contributed by atoms with van der Waals surface area (Å²) in [4.78, 5) is 52.6. The molecule has 1 atom stereocenters.